The highest BCUT2D eigenvalue weighted by Gasteiger charge is 2.47. The molecule has 0 fully saturated rings. The van der Waals surface area contributed by atoms with Gasteiger partial charge in [0, 0.05) is 17.2 Å². The number of nitro groups is 1. The molecule has 3 N–H and O–H groups in total. The minimum absolute atomic E-state index is 0.0746. The standard InChI is InChI=1S/C23H28NO9P/c1-6-23(5,34(30,31)32)13-22(3,4)21(27)33-18-12-16(11-17(20(18)26)24(28)29)19(25)15-9-7-14(2)8-10-15/h7-12,26H,6,13H2,1-5H3,(H2,30,31,32). The molecule has 0 bridgehead atoms. The molecule has 0 spiro atoms. The van der Waals surface area contributed by atoms with Crippen molar-refractivity contribution in [2.45, 2.75) is 52.6 Å². The average molecular weight is 493 g/mol. The van der Waals surface area contributed by atoms with Crippen LogP contribution in [0.4, 0.5) is 5.69 Å². The summed E-state index contributed by atoms with van der Waals surface area (Å²) in [7, 11) is -4.59. The first-order chi connectivity index (χ1) is 15.5. The maximum Gasteiger partial charge on any atom is 0.331 e. The number of ketones is 1. The first-order valence-corrected chi connectivity index (χ1v) is 12.0. The number of benzene rings is 2. The second kappa shape index (κ2) is 9.66. The SMILES string of the molecule is CCC(C)(CC(C)(C)C(=O)Oc1cc(C(=O)c2ccc(C)cc2)cc([N+](=O)[O-])c1O)P(=O)(O)O. The van der Waals surface area contributed by atoms with Gasteiger partial charge < -0.3 is 19.6 Å². The van der Waals surface area contributed by atoms with Crippen LogP contribution in [-0.2, 0) is 9.36 Å². The summed E-state index contributed by atoms with van der Waals surface area (Å²) in [6.07, 6.45) is -0.185. The Morgan fingerprint density at radius 3 is 2.12 bits per heavy atom. The number of aryl methyl sites for hydroxylation is 1. The Labute approximate surface area is 196 Å². The number of rotatable bonds is 9. The monoisotopic (exact) mass is 493 g/mol. The van der Waals surface area contributed by atoms with E-state index in [1.807, 2.05) is 6.92 Å². The summed E-state index contributed by atoms with van der Waals surface area (Å²) in [5.41, 5.74) is -1.30. The van der Waals surface area contributed by atoms with E-state index in [1.165, 1.54) is 20.8 Å². The zero-order valence-electron chi connectivity index (χ0n) is 19.6. The van der Waals surface area contributed by atoms with Crippen LogP contribution in [0, 0.1) is 22.5 Å². The predicted octanol–water partition coefficient (Wildman–Crippen LogP) is 4.51. The molecule has 2 aromatic rings. The fourth-order valence-corrected chi connectivity index (χ4v) is 4.52. The third-order valence-corrected chi connectivity index (χ3v) is 7.75. The van der Waals surface area contributed by atoms with Crippen molar-refractivity contribution in [3.63, 3.8) is 0 Å². The third-order valence-electron chi connectivity index (χ3n) is 5.87. The van der Waals surface area contributed by atoms with Crippen molar-refractivity contribution in [2.24, 2.45) is 5.41 Å². The molecular formula is C23H28NO9P. The van der Waals surface area contributed by atoms with E-state index in [9.17, 15) is 39.2 Å². The first-order valence-electron chi connectivity index (χ1n) is 10.4. The Bertz CT molecular complexity index is 1170. The van der Waals surface area contributed by atoms with Gasteiger partial charge >= 0.3 is 19.3 Å². The fraction of sp³-hybridized carbons (Fsp3) is 0.391. The topological polar surface area (TPSA) is 164 Å². The highest BCUT2D eigenvalue weighted by Crippen LogP contribution is 2.57. The number of phenols is 1. The number of carbonyl (C=O) groups is 2. The van der Waals surface area contributed by atoms with Crippen molar-refractivity contribution in [2.75, 3.05) is 0 Å². The van der Waals surface area contributed by atoms with Crippen LogP contribution >= 0.6 is 7.60 Å². The summed E-state index contributed by atoms with van der Waals surface area (Å²) in [6.45, 7) is 7.58. The summed E-state index contributed by atoms with van der Waals surface area (Å²) in [5, 5.41) is 20.3. The maximum atomic E-state index is 12.9. The molecule has 0 aliphatic rings. The van der Waals surface area contributed by atoms with Crippen LogP contribution < -0.4 is 4.74 Å². The Hall–Kier alpha value is -3.07. The molecule has 2 rings (SSSR count). The molecule has 11 heteroatoms. The second-order valence-electron chi connectivity index (χ2n) is 9.14. The largest absolute Gasteiger partial charge is 0.499 e. The van der Waals surface area contributed by atoms with Crippen molar-refractivity contribution in [1.82, 2.24) is 0 Å². The van der Waals surface area contributed by atoms with E-state index in [2.05, 4.69) is 0 Å². The quantitative estimate of drug-likeness (QED) is 0.114. The summed E-state index contributed by atoms with van der Waals surface area (Å²) in [4.78, 5) is 55.9. The normalized spacial score (nSPS) is 13.7. The number of esters is 1. The van der Waals surface area contributed by atoms with Crippen LogP contribution in [0.25, 0.3) is 0 Å². The lowest BCUT2D eigenvalue weighted by Crippen LogP contribution is -2.38. The molecule has 0 aliphatic heterocycles. The number of aromatic hydroxyl groups is 1. The fourth-order valence-electron chi connectivity index (χ4n) is 3.51. The van der Waals surface area contributed by atoms with Crippen LogP contribution in [0.1, 0.15) is 62.0 Å². The summed E-state index contributed by atoms with van der Waals surface area (Å²) < 4.78 is 17.2. The summed E-state index contributed by atoms with van der Waals surface area (Å²) >= 11 is 0. The number of hydrogen-bond acceptors (Lipinski definition) is 7. The lowest BCUT2D eigenvalue weighted by molar-refractivity contribution is -0.386. The number of carbonyl (C=O) groups excluding carboxylic acids is 2. The van der Waals surface area contributed by atoms with E-state index in [-0.39, 0.29) is 24.0 Å². The van der Waals surface area contributed by atoms with Crippen LogP contribution in [0.2, 0.25) is 0 Å². The maximum absolute atomic E-state index is 12.9. The average Bonchev–Trinajstić information content (AvgIpc) is 2.73. The molecule has 34 heavy (non-hydrogen) atoms. The van der Waals surface area contributed by atoms with E-state index >= 15 is 0 Å². The van der Waals surface area contributed by atoms with Crippen molar-refractivity contribution in [1.29, 1.82) is 0 Å². The molecular weight excluding hydrogens is 465 g/mol. The van der Waals surface area contributed by atoms with Crippen LogP contribution in [0.15, 0.2) is 36.4 Å². The molecule has 0 heterocycles. The van der Waals surface area contributed by atoms with Gasteiger partial charge in [-0.05, 0) is 46.6 Å². The zero-order valence-corrected chi connectivity index (χ0v) is 20.5. The number of hydrogen-bond donors (Lipinski definition) is 3. The summed E-state index contributed by atoms with van der Waals surface area (Å²) in [5.74, 6) is -3.11. The van der Waals surface area contributed by atoms with Gasteiger partial charge in [0.1, 0.15) is 0 Å². The number of ether oxygens (including phenoxy) is 1. The van der Waals surface area contributed by atoms with E-state index in [1.54, 1.807) is 31.2 Å². The highest BCUT2D eigenvalue weighted by molar-refractivity contribution is 7.53. The van der Waals surface area contributed by atoms with Crippen molar-refractivity contribution < 1.29 is 38.7 Å². The molecule has 10 nitrogen and oxygen atoms in total. The molecule has 0 radical (unpaired) electrons. The van der Waals surface area contributed by atoms with Gasteiger partial charge in [0.05, 0.1) is 15.5 Å². The van der Waals surface area contributed by atoms with Crippen LogP contribution in [0.5, 0.6) is 11.5 Å². The van der Waals surface area contributed by atoms with Gasteiger partial charge in [-0.15, -0.1) is 0 Å². The first kappa shape index (κ1) is 27.2. The van der Waals surface area contributed by atoms with Gasteiger partial charge in [0.2, 0.25) is 5.75 Å². The van der Waals surface area contributed by atoms with E-state index in [0.717, 1.165) is 17.7 Å². The Morgan fingerprint density at radius 2 is 1.65 bits per heavy atom. The minimum atomic E-state index is -4.59. The smallest absolute Gasteiger partial charge is 0.331 e. The van der Waals surface area contributed by atoms with Crippen molar-refractivity contribution in [3.8, 4) is 11.5 Å². The van der Waals surface area contributed by atoms with E-state index in [0.29, 0.717) is 0 Å². The Morgan fingerprint density at radius 1 is 1.09 bits per heavy atom. The van der Waals surface area contributed by atoms with E-state index < -0.39 is 52.0 Å². The molecule has 2 aromatic carbocycles. The molecule has 0 aliphatic carbocycles. The van der Waals surface area contributed by atoms with Crippen molar-refractivity contribution >= 4 is 25.0 Å². The van der Waals surface area contributed by atoms with E-state index in [4.69, 9.17) is 4.74 Å². The third kappa shape index (κ3) is 5.70. The van der Waals surface area contributed by atoms with Gasteiger partial charge in [-0.25, -0.2) is 0 Å². The van der Waals surface area contributed by atoms with Gasteiger partial charge in [-0.1, -0.05) is 36.8 Å². The van der Waals surface area contributed by atoms with Crippen LogP contribution in [-0.4, -0.2) is 36.7 Å². The molecule has 1 atom stereocenters. The zero-order chi connectivity index (χ0) is 26.1. The van der Waals surface area contributed by atoms with Crippen molar-refractivity contribution in [3.05, 3.63) is 63.2 Å². The van der Waals surface area contributed by atoms with Gasteiger partial charge in [0.15, 0.2) is 11.5 Å². The predicted molar refractivity (Wildman–Crippen MR) is 124 cm³/mol. The van der Waals surface area contributed by atoms with Gasteiger partial charge in [-0.2, -0.15) is 0 Å². The Balaban J connectivity index is 2.47. The van der Waals surface area contributed by atoms with Gasteiger partial charge in [-0.3, -0.25) is 24.3 Å². The summed E-state index contributed by atoms with van der Waals surface area (Å²) in [6, 6.07) is 8.38. The minimum Gasteiger partial charge on any atom is -0.499 e. The number of nitrogens with zero attached hydrogens (tertiary/aromatic N) is 1. The highest BCUT2D eigenvalue weighted by atomic mass is 31.2. The number of phenolic OH excluding ortho intramolecular Hbond substituents is 1. The molecule has 0 aromatic heterocycles. The lowest BCUT2D eigenvalue weighted by Gasteiger charge is -2.35. The molecule has 0 saturated carbocycles. The number of nitro benzene ring substituents is 1. The molecule has 0 saturated heterocycles. The molecule has 0 amide bonds. The Kier molecular flexibility index (Phi) is 7.72. The second-order valence-corrected chi connectivity index (χ2v) is 11.3. The lowest BCUT2D eigenvalue weighted by atomic mass is 9.82. The van der Waals surface area contributed by atoms with Gasteiger partial charge in [0.25, 0.3) is 0 Å². The molecule has 184 valence electrons. The van der Waals surface area contributed by atoms with Crippen LogP contribution in [0.3, 0.4) is 0 Å². The molecule has 1 unspecified atom stereocenters.